The summed E-state index contributed by atoms with van der Waals surface area (Å²) >= 11 is 2.77. The molecule has 4 rings (SSSR count). The smallest absolute Gasteiger partial charge is 0.230 e. The zero-order valence-electron chi connectivity index (χ0n) is 13.8. The second-order valence-corrected chi connectivity index (χ2v) is 7.44. The third-order valence-corrected chi connectivity index (χ3v) is 5.55. The summed E-state index contributed by atoms with van der Waals surface area (Å²) in [6.45, 7) is 0. The van der Waals surface area contributed by atoms with Gasteiger partial charge in [-0.15, -0.1) is 0 Å². The number of rotatable bonds is 6. The van der Waals surface area contributed by atoms with Gasteiger partial charge in [-0.1, -0.05) is 60.3 Å². The number of hydrogen-bond acceptors (Lipinski definition) is 5. The minimum Gasteiger partial charge on any atom is -0.361 e. The van der Waals surface area contributed by atoms with Gasteiger partial charge in [0.15, 0.2) is 0 Å². The van der Waals surface area contributed by atoms with E-state index in [2.05, 4.69) is 31.8 Å². The van der Waals surface area contributed by atoms with Gasteiger partial charge in [0.05, 0.1) is 6.42 Å². The Labute approximate surface area is 159 Å². The normalized spacial score (nSPS) is 10.9. The zero-order valence-corrected chi connectivity index (χ0v) is 15.4. The number of carbonyl (C=O) groups excluding carboxylic acids is 1. The Bertz CT molecular complexity index is 1030. The molecule has 0 aliphatic heterocycles. The maximum atomic E-state index is 12.3. The maximum absolute atomic E-state index is 12.3. The van der Waals surface area contributed by atoms with E-state index in [9.17, 15) is 4.79 Å². The van der Waals surface area contributed by atoms with Gasteiger partial charge in [0.2, 0.25) is 16.2 Å². The molecule has 0 bridgehead atoms. The number of aromatic amines is 1. The van der Waals surface area contributed by atoms with Gasteiger partial charge in [-0.2, -0.15) is 9.36 Å². The highest BCUT2D eigenvalue weighted by Crippen LogP contribution is 2.24. The summed E-state index contributed by atoms with van der Waals surface area (Å²) < 4.78 is 4.30. The van der Waals surface area contributed by atoms with Crippen molar-refractivity contribution < 1.29 is 4.79 Å². The number of carbonyl (C=O) groups is 1. The van der Waals surface area contributed by atoms with E-state index < -0.39 is 0 Å². The molecule has 0 aliphatic carbocycles. The number of hydrogen-bond donors (Lipinski definition) is 2. The highest BCUT2D eigenvalue weighted by Gasteiger charge is 2.12. The number of fused-ring (bicyclic) bond motifs is 1. The first-order valence-electron chi connectivity index (χ1n) is 8.13. The van der Waals surface area contributed by atoms with E-state index in [-0.39, 0.29) is 5.91 Å². The van der Waals surface area contributed by atoms with Crippen molar-refractivity contribution in [2.45, 2.75) is 17.3 Å². The van der Waals surface area contributed by atoms with E-state index in [0.717, 1.165) is 22.2 Å². The number of para-hydroxylation sites is 1. The average Bonchev–Trinajstić information content (AvgIpc) is 3.28. The molecular formula is C19H16N4OS2. The van der Waals surface area contributed by atoms with Crippen molar-refractivity contribution in [1.82, 2.24) is 14.3 Å². The standard InChI is InChI=1S/C19H16N4OS2/c24-17(10-14-11-20-16-9-5-4-8-15(14)16)21-18-22-19(23-26-18)25-12-13-6-2-1-3-7-13/h1-9,11,20H,10,12H2,(H,21,22,23,24). The van der Waals surface area contributed by atoms with E-state index in [1.54, 1.807) is 11.8 Å². The molecule has 0 fully saturated rings. The maximum Gasteiger partial charge on any atom is 0.230 e. The molecule has 2 aromatic heterocycles. The first-order valence-corrected chi connectivity index (χ1v) is 9.89. The van der Waals surface area contributed by atoms with Gasteiger partial charge in [0.1, 0.15) is 0 Å². The molecule has 4 aromatic rings. The van der Waals surface area contributed by atoms with Crippen LogP contribution in [0, 0.1) is 0 Å². The zero-order chi connectivity index (χ0) is 17.8. The summed E-state index contributed by atoms with van der Waals surface area (Å²) in [5, 5.41) is 5.13. The van der Waals surface area contributed by atoms with Crippen LogP contribution in [0.1, 0.15) is 11.1 Å². The lowest BCUT2D eigenvalue weighted by Gasteiger charge is -2.00. The van der Waals surface area contributed by atoms with Crippen LogP contribution in [-0.2, 0) is 17.0 Å². The van der Waals surface area contributed by atoms with Gasteiger partial charge in [-0.05, 0) is 17.2 Å². The van der Waals surface area contributed by atoms with E-state index in [4.69, 9.17) is 0 Å². The molecule has 0 spiro atoms. The molecule has 0 radical (unpaired) electrons. The number of nitrogens with zero attached hydrogens (tertiary/aromatic N) is 2. The molecule has 2 heterocycles. The molecule has 7 heteroatoms. The molecule has 0 atom stereocenters. The quantitative estimate of drug-likeness (QED) is 0.484. The SMILES string of the molecule is O=C(Cc1c[nH]c2ccccc12)Nc1nc(SCc2ccccc2)ns1. The van der Waals surface area contributed by atoms with Crippen LogP contribution in [0.2, 0.25) is 0 Å². The third-order valence-electron chi connectivity index (χ3n) is 3.89. The first-order chi connectivity index (χ1) is 12.8. The molecule has 0 aliphatic rings. The predicted molar refractivity (Wildman–Crippen MR) is 107 cm³/mol. The summed E-state index contributed by atoms with van der Waals surface area (Å²) in [6.07, 6.45) is 2.18. The van der Waals surface area contributed by atoms with Crippen LogP contribution in [0.15, 0.2) is 66.0 Å². The lowest BCUT2D eigenvalue weighted by Crippen LogP contribution is -2.13. The second-order valence-electron chi connectivity index (χ2n) is 5.74. The average molecular weight is 380 g/mol. The molecule has 2 aromatic carbocycles. The Kier molecular flexibility index (Phi) is 4.99. The Morgan fingerprint density at radius 1 is 1.12 bits per heavy atom. The summed E-state index contributed by atoms with van der Waals surface area (Å²) in [6, 6.07) is 18.1. The highest BCUT2D eigenvalue weighted by atomic mass is 32.2. The number of benzene rings is 2. The van der Waals surface area contributed by atoms with Crippen molar-refractivity contribution in [3.63, 3.8) is 0 Å². The lowest BCUT2D eigenvalue weighted by molar-refractivity contribution is -0.115. The number of aromatic nitrogens is 3. The van der Waals surface area contributed by atoms with Crippen LogP contribution in [0.5, 0.6) is 0 Å². The van der Waals surface area contributed by atoms with Crippen LogP contribution in [0.3, 0.4) is 0 Å². The molecule has 0 saturated carbocycles. The number of anilines is 1. The van der Waals surface area contributed by atoms with Crippen molar-refractivity contribution >= 4 is 45.2 Å². The van der Waals surface area contributed by atoms with Gasteiger partial charge in [0.25, 0.3) is 0 Å². The largest absolute Gasteiger partial charge is 0.361 e. The molecule has 5 nitrogen and oxygen atoms in total. The van der Waals surface area contributed by atoms with Crippen molar-refractivity contribution in [3.8, 4) is 0 Å². The topological polar surface area (TPSA) is 70.7 Å². The number of nitrogens with one attached hydrogen (secondary N) is 2. The van der Waals surface area contributed by atoms with Crippen LogP contribution >= 0.6 is 23.3 Å². The van der Waals surface area contributed by atoms with Gasteiger partial charge >= 0.3 is 0 Å². The van der Waals surface area contributed by atoms with Crippen molar-refractivity contribution in [2.24, 2.45) is 0 Å². The Hall–Kier alpha value is -2.64. The molecular weight excluding hydrogens is 364 g/mol. The Balaban J connectivity index is 1.35. The lowest BCUT2D eigenvalue weighted by atomic mass is 10.1. The summed E-state index contributed by atoms with van der Waals surface area (Å²) in [7, 11) is 0. The molecule has 1 amide bonds. The van der Waals surface area contributed by atoms with Gasteiger partial charge in [0, 0.05) is 34.4 Å². The van der Waals surface area contributed by atoms with Crippen molar-refractivity contribution in [2.75, 3.05) is 5.32 Å². The fraction of sp³-hybridized carbons (Fsp3) is 0.105. The Morgan fingerprint density at radius 2 is 1.92 bits per heavy atom. The first kappa shape index (κ1) is 16.8. The molecule has 0 unspecified atom stereocenters. The van der Waals surface area contributed by atoms with Crippen molar-refractivity contribution in [3.05, 3.63) is 71.9 Å². The van der Waals surface area contributed by atoms with Gasteiger partial charge in [-0.25, -0.2) is 0 Å². The Morgan fingerprint density at radius 3 is 2.81 bits per heavy atom. The monoisotopic (exact) mass is 380 g/mol. The van der Waals surface area contributed by atoms with Crippen LogP contribution in [0.4, 0.5) is 5.13 Å². The van der Waals surface area contributed by atoms with Crippen LogP contribution in [-0.4, -0.2) is 20.2 Å². The van der Waals surface area contributed by atoms with E-state index in [1.807, 2.05) is 48.7 Å². The summed E-state index contributed by atoms with van der Waals surface area (Å²) in [5.74, 6) is 0.714. The summed E-state index contributed by atoms with van der Waals surface area (Å²) in [4.78, 5) is 19.9. The van der Waals surface area contributed by atoms with E-state index in [0.29, 0.717) is 16.7 Å². The minimum absolute atomic E-state index is 0.0921. The number of thioether (sulfide) groups is 1. The molecule has 2 N–H and O–H groups in total. The molecule has 130 valence electrons. The number of amides is 1. The van der Waals surface area contributed by atoms with E-state index in [1.165, 1.54) is 17.1 Å². The summed E-state index contributed by atoms with van der Waals surface area (Å²) in [5.41, 5.74) is 3.23. The van der Waals surface area contributed by atoms with E-state index >= 15 is 0 Å². The molecule has 26 heavy (non-hydrogen) atoms. The fourth-order valence-electron chi connectivity index (χ4n) is 2.66. The van der Waals surface area contributed by atoms with Gasteiger partial charge in [-0.3, -0.25) is 4.79 Å². The van der Waals surface area contributed by atoms with Gasteiger partial charge < -0.3 is 10.3 Å². The highest BCUT2D eigenvalue weighted by molar-refractivity contribution is 7.98. The van der Waals surface area contributed by atoms with Crippen LogP contribution in [0.25, 0.3) is 10.9 Å². The van der Waals surface area contributed by atoms with Crippen molar-refractivity contribution in [1.29, 1.82) is 0 Å². The predicted octanol–water partition coefficient (Wildman–Crippen LogP) is 4.49. The minimum atomic E-state index is -0.0921. The van der Waals surface area contributed by atoms with Crippen LogP contribution < -0.4 is 5.32 Å². The number of H-pyrrole nitrogens is 1. The third kappa shape index (κ3) is 3.95. The second kappa shape index (κ2) is 7.72. The molecule has 0 saturated heterocycles. The fourth-order valence-corrected chi connectivity index (χ4v) is 4.17.